The van der Waals surface area contributed by atoms with Gasteiger partial charge < -0.3 is 9.15 Å². The summed E-state index contributed by atoms with van der Waals surface area (Å²) in [5.74, 6) is 0.464. The van der Waals surface area contributed by atoms with Gasteiger partial charge in [0.05, 0.1) is 11.3 Å². The quantitative estimate of drug-likeness (QED) is 0.554. The average molecular weight is 323 g/mol. The zero-order chi connectivity index (χ0) is 17.1. The number of aryl methyl sites for hydroxylation is 1. The van der Waals surface area contributed by atoms with Crippen molar-refractivity contribution in [2.75, 3.05) is 0 Å². The van der Waals surface area contributed by atoms with Gasteiger partial charge >= 0.3 is 5.63 Å². The SMILES string of the molecule is C=C(NO)c1c(OCc2ccccc2)ccc2c(C)cc(=O)oc12. The molecule has 0 amide bonds. The Morgan fingerprint density at radius 1 is 1.25 bits per heavy atom. The van der Waals surface area contributed by atoms with Gasteiger partial charge in [-0.05, 0) is 30.2 Å². The van der Waals surface area contributed by atoms with Crippen molar-refractivity contribution < 1.29 is 14.4 Å². The first-order valence-corrected chi connectivity index (χ1v) is 7.43. The second-order valence-electron chi connectivity index (χ2n) is 5.43. The molecule has 0 aliphatic heterocycles. The molecule has 5 heteroatoms. The number of nitrogens with one attached hydrogen (secondary N) is 1. The number of hydroxylamine groups is 1. The van der Waals surface area contributed by atoms with E-state index in [4.69, 9.17) is 9.15 Å². The lowest BCUT2D eigenvalue weighted by Crippen LogP contribution is -2.09. The van der Waals surface area contributed by atoms with Crippen LogP contribution in [0.15, 0.2) is 64.3 Å². The van der Waals surface area contributed by atoms with Crippen LogP contribution in [0.2, 0.25) is 0 Å². The van der Waals surface area contributed by atoms with Gasteiger partial charge in [-0.2, -0.15) is 0 Å². The van der Waals surface area contributed by atoms with Crippen molar-refractivity contribution in [3.05, 3.63) is 82.2 Å². The molecular formula is C19H17NO4. The van der Waals surface area contributed by atoms with Crippen LogP contribution in [-0.4, -0.2) is 5.21 Å². The molecule has 1 heterocycles. The Morgan fingerprint density at radius 3 is 2.71 bits per heavy atom. The Morgan fingerprint density at radius 2 is 2.00 bits per heavy atom. The third kappa shape index (κ3) is 3.02. The van der Waals surface area contributed by atoms with Gasteiger partial charge in [0.15, 0.2) is 5.58 Å². The summed E-state index contributed by atoms with van der Waals surface area (Å²) in [4.78, 5) is 11.7. The van der Waals surface area contributed by atoms with E-state index in [1.165, 1.54) is 6.07 Å². The maximum atomic E-state index is 11.7. The summed E-state index contributed by atoms with van der Waals surface area (Å²) in [6.07, 6.45) is 0. The Kier molecular flexibility index (Phi) is 4.35. The normalized spacial score (nSPS) is 10.6. The third-order valence-electron chi connectivity index (χ3n) is 3.76. The molecule has 0 atom stereocenters. The summed E-state index contributed by atoms with van der Waals surface area (Å²) in [5.41, 5.74) is 4.27. The molecule has 0 saturated heterocycles. The van der Waals surface area contributed by atoms with Crippen molar-refractivity contribution in [3.63, 3.8) is 0 Å². The van der Waals surface area contributed by atoms with Crippen molar-refractivity contribution in [1.82, 2.24) is 5.48 Å². The van der Waals surface area contributed by atoms with Crippen molar-refractivity contribution in [3.8, 4) is 5.75 Å². The number of hydrogen-bond acceptors (Lipinski definition) is 5. The third-order valence-corrected chi connectivity index (χ3v) is 3.76. The fraction of sp³-hybridized carbons (Fsp3) is 0.105. The molecule has 0 saturated carbocycles. The summed E-state index contributed by atoms with van der Waals surface area (Å²) in [6, 6.07) is 14.7. The van der Waals surface area contributed by atoms with E-state index in [0.717, 1.165) is 16.5 Å². The Hall–Kier alpha value is -3.05. The fourth-order valence-electron chi connectivity index (χ4n) is 2.56. The molecule has 5 nitrogen and oxygen atoms in total. The zero-order valence-electron chi connectivity index (χ0n) is 13.2. The van der Waals surface area contributed by atoms with Gasteiger partial charge in [-0.3, -0.25) is 10.7 Å². The van der Waals surface area contributed by atoms with E-state index in [-0.39, 0.29) is 5.70 Å². The minimum absolute atomic E-state index is 0.192. The van der Waals surface area contributed by atoms with Gasteiger partial charge in [-0.25, -0.2) is 4.79 Å². The van der Waals surface area contributed by atoms with Gasteiger partial charge in [-0.1, -0.05) is 36.9 Å². The number of rotatable bonds is 5. The van der Waals surface area contributed by atoms with Crippen LogP contribution in [0.5, 0.6) is 5.75 Å². The molecule has 3 aromatic rings. The van der Waals surface area contributed by atoms with Crippen molar-refractivity contribution >= 4 is 16.7 Å². The zero-order valence-corrected chi connectivity index (χ0v) is 13.2. The molecule has 2 aromatic carbocycles. The van der Waals surface area contributed by atoms with Crippen LogP contribution in [0.1, 0.15) is 16.7 Å². The highest BCUT2D eigenvalue weighted by Gasteiger charge is 2.16. The molecule has 0 aliphatic carbocycles. The molecule has 0 fully saturated rings. The Bertz CT molecular complexity index is 945. The van der Waals surface area contributed by atoms with Crippen LogP contribution in [-0.2, 0) is 6.61 Å². The van der Waals surface area contributed by atoms with E-state index in [0.29, 0.717) is 23.5 Å². The van der Waals surface area contributed by atoms with E-state index < -0.39 is 5.63 Å². The largest absolute Gasteiger partial charge is 0.488 e. The van der Waals surface area contributed by atoms with E-state index in [1.54, 1.807) is 6.07 Å². The van der Waals surface area contributed by atoms with E-state index >= 15 is 0 Å². The highest BCUT2D eigenvalue weighted by Crippen LogP contribution is 2.33. The molecule has 3 rings (SSSR count). The molecule has 1 aromatic heterocycles. The number of hydrogen-bond donors (Lipinski definition) is 2. The summed E-state index contributed by atoms with van der Waals surface area (Å²) in [6.45, 7) is 5.93. The van der Waals surface area contributed by atoms with Crippen molar-refractivity contribution in [2.24, 2.45) is 0 Å². The standard InChI is InChI=1S/C19H17NO4/c1-12-10-17(21)24-19-15(12)8-9-16(18(19)13(2)20-22)23-11-14-6-4-3-5-7-14/h3-10,20,22H,2,11H2,1H3. The van der Waals surface area contributed by atoms with Crippen LogP contribution in [0.25, 0.3) is 16.7 Å². The average Bonchev–Trinajstić information content (AvgIpc) is 2.59. The van der Waals surface area contributed by atoms with Gasteiger partial charge in [0.2, 0.25) is 0 Å². The Balaban J connectivity index is 2.10. The highest BCUT2D eigenvalue weighted by molar-refractivity contribution is 5.92. The van der Waals surface area contributed by atoms with Crippen LogP contribution in [0.4, 0.5) is 0 Å². The number of fused-ring (bicyclic) bond motifs is 1. The van der Waals surface area contributed by atoms with E-state index in [1.807, 2.05) is 48.8 Å². The second kappa shape index (κ2) is 6.60. The minimum atomic E-state index is -0.466. The van der Waals surface area contributed by atoms with Crippen molar-refractivity contribution in [2.45, 2.75) is 13.5 Å². The first-order valence-electron chi connectivity index (χ1n) is 7.43. The van der Waals surface area contributed by atoms with Crippen LogP contribution < -0.4 is 15.8 Å². The number of ether oxygens (including phenoxy) is 1. The smallest absolute Gasteiger partial charge is 0.336 e. The highest BCUT2D eigenvalue weighted by atomic mass is 16.5. The predicted molar refractivity (Wildman–Crippen MR) is 92.0 cm³/mol. The summed E-state index contributed by atoms with van der Waals surface area (Å²) in [5, 5.41) is 10.0. The van der Waals surface area contributed by atoms with Crippen LogP contribution in [0.3, 0.4) is 0 Å². The fourth-order valence-corrected chi connectivity index (χ4v) is 2.56. The first kappa shape index (κ1) is 15.8. The van der Waals surface area contributed by atoms with Gasteiger partial charge in [0.25, 0.3) is 0 Å². The molecule has 24 heavy (non-hydrogen) atoms. The summed E-state index contributed by atoms with van der Waals surface area (Å²) < 4.78 is 11.2. The molecule has 0 unspecified atom stereocenters. The van der Waals surface area contributed by atoms with Gasteiger partial charge in [0, 0.05) is 11.5 Å². The van der Waals surface area contributed by atoms with E-state index in [2.05, 4.69) is 6.58 Å². The number of benzene rings is 2. The molecule has 0 radical (unpaired) electrons. The predicted octanol–water partition coefficient (Wildman–Crippen LogP) is 3.63. The topological polar surface area (TPSA) is 71.7 Å². The molecular weight excluding hydrogens is 306 g/mol. The van der Waals surface area contributed by atoms with E-state index in [9.17, 15) is 10.0 Å². The summed E-state index contributed by atoms with van der Waals surface area (Å²) in [7, 11) is 0. The second-order valence-corrected chi connectivity index (χ2v) is 5.43. The maximum absolute atomic E-state index is 11.7. The lowest BCUT2D eigenvalue weighted by atomic mass is 10.0. The lowest BCUT2D eigenvalue weighted by molar-refractivity contribution is 0.224. The maximum Gasteiger partial charge on any atom is 0.336 e. The van der Waals surface area contributed by atoms with Gasteiger partial charge in [0.1, 0.15) is 12.4 Å². The molecule has 0 spiro atoms. The lowest BCUT2D eigenvalue weighted by Gasteiger charge is -2.15. The monoisotopic (exact) mass is 323 g/mol. The van der Waals surface area contributed by atoms with Gasteiger partial charge in [-0.15, -0.1) is 0 Å². The minimum Gasteiger partial charge on any atom is -0.488 e. The molecule has 0 bridgehead atoms. The summed E-state index contributed by atoms with van der Waals surface area (Å²) >= 11 is 0. The molecule has 2 N–H and O–H groups in total. The Labute approximate surface area is 138 Å². The van der Waals surface area contributed by atoms with Crippen LogP contribution in [0, 0.1) is 6.92 Å². The van der Waals surface area contributed by atoms with Crippen molar-refractivity contribution in [1.29, 1.82) is 0 Å². The molecule has 122 valence electrons. The first-order chi connectivity index (χ1) is 11.6. The molecule has 0 aliphatic rings. The van der Waals surface area contributed by atoms with Crippen LogP contribution >= 0.6 is 0 Å².